The summed E-state index contributed by atoms with van der Waals surface area (Å²) < 4.78 is 0. The zero-order chi connectivity index (χ0) is 18.7. The summed E-state index contributed by atoms with van der Waals surface area (Å²) in [4.78, 5) is 28.4. The van der Waals surface area contributed by atoms with Crippen LogP contribution in [0.3, 0.4) is 0 Å². The van der Waals surface area contributed by atoms with Crippen LogP contribution in [0, 0.1) is 24.0 Å². The number of nitrogens with one attached hydrogen (secondary N) is 1. The van der Waals surface area contributed by atoms with E-state index in [0.29, 0.717) is 12.1 Å². The molecule has 0 saturated carbocycles. The standard InChI is InChI=1S/C19H17N3O3S/c1-12-8-9-15(10-16(12)22(24)25)18(23)20-11-17-13(2)21-19(26-17)14-6-4-3-5-7-14/h3-10H,11H2,1-2H3,(H,20,23). The Balaban J connectivity index is 1.73. The van der Waals surface area contributed by atoms with E-state index >= 15 is 0 Å². The number of hydrogen-bond donors (Lipinski definition) is 1. The number of thiazole rings is 1. The van der Waals surface area contributed by atoms with E-state index in [0.717, 1.165) is 21.1 Å². The maximum atomic E-state index is 12.3. The summed E-state index contributed by atoms with van der Waals surface area (Å²) in [6, 6.07) is 14.3. The lowest BCUT2D eigenvalue weighted by Gasteiger charge is -2.05. The molecule has 3 rings (SSSR count). The van der Waals surface area contributed by atoms with Gasteiger partial charge in [0.15, 0.2) is 0 Å². The molecule has 0 fully saturated rings. The van der Waals surface area contributed by atoms with Crippen molar-refractivity contribution in [2.45, 2.75) is 20.4 Å². The lowest BCUT2D eigenvalue weighted by atomic mass is 10.1. The summed E-state index contributed by atoms with van der Waals surface area (Å²) in [5, 5.41) is 14.7. The topological polar surface area (TPSA) is 85.1 Å². The number of hydrogen-bond acceptors (Lipinski definition) is 5. The quantitative estimate of drug-likeness (QED) is 0.539. The van der Waals surface area contributed by atoms with Gasteiger partial charge in [-0.25, -0.2) is 4.98 Å². The maximum absolute atomic E-state index is 12.3. The molecule has 0 radical (unpaired) electrons. The predicted octanol–water partition coefficient (Wildman–Crippen LogP) is 4.27. The molecule has 7 heteroatoms. The lowest BCUT2D eigenvalue weighted by molar-refractivity contribution is -0.385. The normalized spacial score (nSPS) is 10.5. The van der Waals surface area contributed by atoms with Gasteiger partial charge in [-0.1, -0.05) is 36.4 Å². The number of aryl methyl sites for hydroxylation is 2. The Hall–Kier alpha value is -3.06. The van der Waals surface area contributed by atoms with Gasteiger partial charge in [0.1, 0.15) is 5.01 Å². The van der Waals surface area contributed by atoms with Crippen LogP contribution in [0.1, 0.15) is 26.5 Å². The monoisotopic (exact) mass is 367 g/mol. The Bertz CT molecular complexity index is 967. The van der Waals surface area contributed by atoms with Crippen LogP contribution in [0.15, 0.2) is 48.5 Å². The fraction of sp³-hybridized carbons (Fsp3) is 0.158. The first-order valence-corrected chi connectivity index (χ1v) is 8.82. The second-order valence-corrected chi connectivity index (χ2v) is 6.92. The number of amides is 1. The number of rotatable bonds is 5. The molecule has 26 heavy (non-hydrogen) atoms. The highest BCUT2D eigenvalue weighted by Crippen LogP contribution is 2.27. The van der Waals surface area contributed by atoms with Crippen LogP contribution >= 0.6 is 11.3 Å². The first-order chi connectivity index (χ1) is 12.5. The summed E-state index contributed by atoms with van der Waals surface area (Å²) in [5.74, 6) is -0.345. The summed E-state index contributed by atoms with van der Waals surface area (Å²) in [6.45, 7) is 3.88. The molecule has 0 aliphatic heterocycles. The fourth-order valence-electron chi connectivity index (χ4n) is 2.51. The second-order valence-electron chi connectivity index (χ2n) is 5.83. The van der Waals surface area contributed by atoms with Crippen LogP contribution in [0.4, 0.5) is 5.69 Å². The van der Waals surface area contributed by atoms with Gasteiger partial charge in [-0.05, 0) is 19.9 Å². The van der Waals surface area contributed by atoms with Crippen LogP contribution in [0.5, 0.6) is 0 Å². The highest BCUT2D eigenvalue weighted by Gasteiger charge is 2.16. The Kier molecular flexibility index (Phi) is 5.09. The molecule has 6 nitrogen and oxygen atoms in total. The van der Waals surface area contributed by atoms with Crippen molar-refractivity contribution in [3.8, 4) is 10.6 Å². The van der Waals surface area contributed by atoms with Crippen molar-refractivity contribution in [2.75, 3.05) is 0 Å². The number of benzene rings is 2. The summed E-state index contributed by atoms with van der Waals surface area (Å²) in [6.07, 6.45) is 0. The van der Waals surface area contributed by atoms with Crippen LogP contribution in [-0.4, -0.2) is 15.8 Å². The Morgan fingerprint density at radius 1 is 1.19 bits per heavy atom. The summed E-state index contributed by atoms with van der Waals surface area (Å²) >= 11 is 1.53. The van der Waals surface area contributed by atoms with Crippen molar-refractivity contribution >= 4 is 22.9 Å². The third-order valence-electron chi connectivity index (χ3n) is 3.99. The van der Waals surface area contributed by atoms with E-state index < -0.39 is 4.92 Å². The molecule has 2 aromatic carbocycles. The number of nitro groups is 1. The van der Waals surface area contributed by atoms with Crippen LogP contribution < -0.4 is 5.32 Å². The van der Waals surface area contributed by atoms with Crippen molar-refractivity contribution in [3.63, 3.8) is 0 Å². The molecular formula is C19H17N3O3S. The fourth-order valence-corrected chi connectivity index (χ4v) is 3.51. The molecule has 0 aliphatic rings. The van der Waals surface area contributed by atoms with E-state index in [4.69, 9.17) is 0 Å². The van der Waals surface area contributed by atoms with Crippen molar-refractivity contribution in [1.82, 2.24) is 10.3 Å². The Morgan fingerprint density at radius 3 is 2.62 bits per heavy atom. The minimum atomic E-state index is -0.481. The molecule has 1 amide bonds. The first-order valence-electron chi connectivity index (χ1n) is 8.00. The molecular weight excluding hydrogens is 350 g/mol. The average molecular weight is 367 g/mol. The van der Waals surface area contributed by atoms with Gasteiger partial charge in [-0.2, -0.15) is 0 Å². The molecule has 132 valence electrons. The number of carbonyl (C=O) groups is 1. The van der Waals surface area contributed by atoms with Crippen molar-refractivity contribution in [3.05, 3.63) is 80.3 Å². The third kappa shape index (κ3) is 3.78. The van der Waals surface area contributed by atoms with Crippen LogP contribution in [0.25, 0.3) is 10.6 Å². The predicted molar refractivity (Wildman–Crippen MR) is 101 cm³/mol. The van der Waals surface area contributed by atoms with E-state index in [1.807, 2.05) is 37.3 Å². The highest BCUT2D eigenvalue weighted by molar-refractivity contribution is 7.15. The number of nitro benzene ring substituents is 1. The number of carbonyl (C=O) groups excluding carboxylic acids is 1. The van der Waals surface area contributed by atoms with Gasteiger partial charge in [-0.3, -0.25) is 14.9 Å². The molecule has 3 aromatic rings. The van der Waals surface area contributed by atoms with Gasteiger partial charge < -0.3 is 5.32 Å². The molecule has 1 N–H and O–H groups in total. The minimum absolute atomic E-state index is 0.0574. The van der Waals surface area contributed by atoms with E-state index in [2.05, 4.69) is 10.3 Å². The average Bonchev–Trinajstić information content (AvgIpc) is 3.01. The van der Waals surface area contributed by atoms with E-state index in [9.17, 15) is 14.9 Å². The van der Waals surface area contributed by atoms with Crippen LogP contribution in [-0.2, 0) is 6.54 Å². The van der Waals surface area contributed by atoms with Crippen molar-refractivity contribution < 1.29 is 9.72 Å². The van der Waals surface area contributed by atoms with Gasteiger partial charge in [0.2, 0.25) is 0 Å². The molecule has 0 aliphatic carbocycles. The van der Waals surface area contributed by atoms with Crippen molar-refractivity contribution in [2.24, 2.45) is 0 Å². The molecule has 0 unspecified atom stereocenters. The van der Waals surface area contributed by atoms with E-state index in [1.165, 1.54) is 17.4 Å². The largest absolute Gasteiger partial charge is 0.347 e. The molecule has 0 bridgehead atoms. The van der Waals surface area contributed by atoms with E-state index in [1.54, 1.807) is 19.1 Å². The van der Waals surface area contributed by atoms with Gasteiger partial charge in [0.05, 0.1) is 17.2 Å². The second kappa shape index (κ2) is 7.45. The van der Waals surface area contributed by atoms with E-state index in [-0.39, 0.29) is 17.2 Å². The van der Waals surface area contributed by atoms with Crippen LogP contribution in [0.2, 0.25) is 0 Å². The number of aromatic nitrogens is 1. The number of nitrogens with zero attached hydrogens (tertiary/aromatic N) is 2. The Labute approximate surface area is 154 Å². The molecule has 0 spiro atoms. The zero-order valence-electron chi connectivity index (χ0n) is 14.4. The zero-order valence-corrected chi connectivity index (χ0v) is 15.2. The minimum Gasteiger partial charge on any atom is -0.347 e. The highest BCUT2D eigenvalue weighted by atomic mass is 32.1. The molecule has 0 saturated heterocycles. The Morgan fingerprint density at radius 2 is 1.92 bits per heavy atom. The molecule has 0 atom stereocenters. The van der Waals surface area contributed by atoms with Gasteiger partial charge >= 0.3 is 0 Å². The summed E-state index contributed by atoms with van der Waals surface area (Å²) in [5.41, 5.74) is 2.64. The van der Waals surface area contributed by atoms with Crippen molar-refractivity contribution in [1.29, 1.82) is 0 Å². The van der Waals surface area contributed by atoms with Gasteiger partial charge in [0.25, 0.3) is 11.6 Å². The van der Waals surface area contributed by atoms with Gasteiger partial charge in [-0.15, -0.1) is 11.3 Å². The SMILES string of the molecule is Cc1ccc(C(=O)NCc2sc(-c3ccccc3)nc2C)cc1[N+](=O)[O-]. The lowest BCUT2D eigenvalue weighted by Crippen LogP contribution is -2.22. The third-order valence-corrected chi connectivity index (χ3v) is 5.20. The molecule has 1 aromatic heterocycles. The first kappa shape index (κ1) is 17.8. The molecule has 1 heterocycles. The smallest absolute Gasteiger partial charge is 0.273 e. The maximum Gasteiger partial charge on any atom is 0.273 e. The van der Waals surface area contributed by atoms with Gasteiger partial charge in [0, 0.05) is 27.6 Å². The summed E-state index contributed by atoms with van der Waals surface area (Å²) in [7, 11) is 0.